The number of para-hydroxylation sites is 1. The summed E-state index contributed by atoms with van der Waals surface area (Å²) in [5.41, 5.74) is 10.9. The molecule has 1 aliphatic heterocycles. The molecule has 0 unspecified atom stereocenters. The second kappa shape index (κ2) is 7.63. The van der Waals surface area contributed by atoms with E-state index in [1.54, 1.807) is 0 Å². The van der Waals surface area contributed by atoms with E-state index in [9.17, 15) is 0 Å². The van der Waals surface area contributed by atoms with Gasteiger partial charge in [0.05, 0.1) is 11.2 Å². The standard InChI is InChI=1S/C30H27N3/c1-4-33-18-25(28-13-11-21-15-19(2)9-12-26(21)32-28)30(23-16-20(3)10-14-29(23)33)24-17-31-27-8-6-5-7-22(24)27/h5-18,30-31H,4H2,1-3H3/t30-/m0/s1. The third-order valence-electron chi connectivity index (χ3n) is 6.82. The molecule has 0 amide bonds. The van der Waals surface area contributed by atoms with Crippen LogP contribution in [-0.4, -0.2) is 16.5 Å². The van der Waals surface area contributed by atoms with Gasteiger partial charge in [0.1, 0.15) is 0 Å². The number of rotatable bonds is 3. The Bertz CT molecular complexity index is 1540. The Balaban J connectivity index is 1.62. The molecular formula is C30H27N3. The SMILES string of the molecule is CCN1C=C(c2ccc3cc(C)ccc3n2)[C@H](c2c[nH]c3ccccc23)c2cc(C)ccc21. The summed E-state index contributed by atoms with van der Waals surface area (Å²) in [6, 6.07) is 26.3. The Morgan fingerprint density at radius 1 is 0.879 bits per heavy atom. The predicted molar refractivity (Wildman–Crippen MR) is 139 cm³/mol. The number of aryl methyl sites for hydroxylation is 2. The van der Waals surface area contributed by atoms with Crippen LogP contribution in [-0.2, 0) is 0 Å². The van der Waals surface area contributed by atoms with Gasteiger partial charge in [-0.15, -0.1) is 0 Å². The first-order valence-electron chi connectivity index (χ1n) is 11.6. The lowest BCUT2D eigenvalue weighted by Crippen LogP contribution is -2.24. The van der Waals surface area contributed by atoms with Crippen molar-refractivity contribution < 1.29 is 0 Å². The zero-order valence-electron chi connectivity index (χ0n) is 19.3. The second-order valence-corrected chi connectivity index (χ2v) is 9.05. The van der Waals surface area contributed by atoms with Gasteiger partial charge >= 0.3 is 0 Å². The lowest BCUT2D eigenvalue weighted by molar-refractivity contribution is 0.928. The van der Waals surface area contributed by atoms with Gasteiger partial charge < -0.3 is 9.88 Å². The number of nitrogens with one attached hydrogen (secondary N) is 1. The van der Waals surface area contributed by atoms with Gasteiger partial charge in [-0.2, -0.15) is 0 Å². The minimum absolute atomic E-state index is 0.106. The van der Waals surface area contributed by atoms with Crippen molar-refractivity contribution >= 4 is 33.1 Å². The molecule has 0 spiro atoms. The van der Waals surface area contributed by atoms with E-state index in [1.807, 2.05) is 0 Å². The Morgan fingerprint density at radius 3 is 2.58 bits per heavy atom. The molecular weight excluding hydrogens is 402 g/mol. The lowest BCUT2D eigenvalue weighted by Gasteiger charge is -2.34. The van der Waals surface area contributed by atoms with Crippen LogP contribution < -0.4 is 4.90 Å². The first-order chi connectivity index (χ1) is 16.1. The van der Waals surface area contributed by atoms with Gasteiger partial charge in [0, 0.05) is 52.4 Å². The molecule has 0 bridgehead atoms. The molecule has 3 aromatic carbocycles. The van der Waals surface area contributed by atoms with E-state index in [-0.39, 0.29) is 5.92 Å². The Hall–Kier alpha value is -3.85. The Kier molecular flexibility index (Phi) is 4.58. The van der Waals surface area contributed by atoms with Crippen LogP contribution in [0.25, 0.3) is 27.4 Å². The maximum absolute atomic E-state index is 5.14. The number of H-pyrrole nitrogens is 1. The molecule has 33 heavy (non-hydrogen) atoms. The van der Waals surface area contributed by atoms with Crippen molar-refractivity contribution in [2.45, 2.75) is 26.7 Å². The summed E-state index contributed by atoms with van der Waals surface area (Å²) in [5.74, 6) is 0.106. The van der Waals surface area contributed by atoms with Crippen molar-refractivity contribution in [3.8, 4) is 0 Å². The van der Waals surface area contributed by atoms with Gasteiger partial charge in [0.15, 0.2) is 0 Å². The number of benzene rings is 3. The zero-order valence-corrected chi connectivity index (χ0v) is 19.3. The van der Waals surface area contributed by atoms with Crippen LogP contribution in [0.2, 0.25) is 0 Å². The van der Waals surface area contributed by atoms with E-state index in [2.05, 4.69) is 116 Å². The van der Waals surface area contributed by atoms with Crippen molar-refractivity contribution in [3.05, 3.63) is 113 Å². The van der Waals surface area contributed by atoms with E-state index in [1.165, 1.54) is 49.8 Å². The minimum atomic E-state index is 0.106. The number of hydrogen-bond acceptors (Lipinski definition) is 2. The van der Waals surface area contributed by atoms with Gasteiger partial charge in [0.25, 0.3) is 0 Å². The van der Waals surface area contributed by atoms with E-state index in [0.717, 1.165) is 17.8 Å². The van der Waals surface area contributed by atoms with Crippen LogP contribution >= 0.6 is 0 Å². The molecule has 2 aromatic heterocycles. The fraction of sp³-hybridized carbons (Fsp3) is 0.167. The maximum Gasteiger partial charge on any atom is 0.0709 e. The molecule has 0 saturated carbocycles. The van der Waals surface area contributed by atoms with Gasteiger partial charge in [0.2, 0.25) is 0 Å². The number of nitrogens with zero attached hydrogens (tertiary/aromatic N) is 2. The number of aromatic nitrogens is 2. The first-order valence-corrected chi connectivity index (χ1v) is 11.6. The lowest BCUT2D eigenvalue weighted by atomic mass is 9.79. The normalized spacial score (nSPS) is 15.7. The van der Waals surface area contributed by atoms with Crippen LogP contribution in [0.1, 0.15) is 40.8 Å². The highest BCUT2D eigenvalue weighted by atomic mass is 15.1. The Labute approximate surface area is 194 Å². The molecule has 3 heteroatoms. The highest BCUT2D eigenvalue weighted by Crippen LogP contribution is 2.47. The van der Waals surface area contributed by atoms with Gasteiger partial charge in [-0.25, -0.2) is 4.98 Å². The third-order valence-corrected chi connectivity index (χ3v) is 6.82. The van der Waals surface area contributed by atoms with Gasteiger partial charge in [-0.3, -0.25) is 0 Å². The first kappa shape index (κ1) is 19.8. The maximum atomic E-state index is 5.14. The molecule has 3 heterocycles. The number of hydrogen-bond donors (Lipinski definition) is 1. The van der Waals surface area contributed by atoms with Crippen molar-refractivity contribution in [1.29, 1.82) is 0 Å². The van der Waals surface area contributed by atoms with Gasteiger partial charge in [-0.1, -0.05) is 53.6 Å². The molecule has 0 fully saturated rings. The number of anilines is 1. The van der Waals surface area contributed by atoms with Crippen LogP contribution in [0, 0.1) is 13.8 Å². The molecule has 3 nitrogen and oxygen atoms in total. The van der Waals surface area contributed by atoms with Crippen molar-refractivity contribution in [3.63, 3.8) is 0 Å². The molecule has 1 aliphatic rings. The summed E-state index contributed by atoms with van der Waals surface area (Å²) in [7, 11) is 0. The van der Waals surface area contributed by atoms with Crippen molar-refractivity contribution in [1.82, 2.24) is 9.97 Å². The van der Waals surface area contributed by atoms with E-state index >= 15 is 0 Å². The average molecular weight is 430 g/mol. The molecule has 0 radical (unpaired) electrons. The molecule has 0 aliphatic carbocycles. The summed E-state index contributed by atoms with van der Waals surface area (Å²) in [6.07, 6.45) is 4.49. The van der Waals surface area contributed by atoms with Crippen LogP contribution in [0.5, 0.6) is 0 Å². The molecule has 162 valence electrons. The summed E-state index contributed by atoms with van der Waals surface area (Å²) in [5, 5.41) is 2.45. The van der Waals surface area contributed by atoms with E-state index < -0.39 is 0 Å². The summed E-state index contributed by atoms with van der Waals surface area (Å²) in [4.78, 5) is 11.0. The van der Waals surface area contributed by atoms with E-state index in [4.69, 9.17) is 4.98 Å². The van der Waals surface area contributed by atoms with Crippen LogP contribution in [0.4, 0.5) is 5.69 Å². The highest BCUT2D eigenvalue weighted by Gasteiger charge is 2.31. The predicted octanol–water partition coefficient (Wildman–Crippen LogP) is 7.35. The smallest absolute Gasteiger partial charge is 0.0709 e. The molecule has 5 aromatic rings. The van der Waals surface area contributed by atoms with Crippen LogP contribution in [0.3, 0.4) is 0 Å². The number of fused-ring (bicyclic) bond motifs is 3. The molecule has 6 rings (SSSR count). The fourth-order valence-corrected chi connectivity index (χ4v) is 5.20. The average Bonchev–Trinajstić information content (AvgIpc) is 3.26. The number of aromatic amines is 1. The van der Waals surface area contributed by atoms with Crippen molar-refractivity contribution in [2.75, 3.05) is 11.4 Å². The number of pyridine rings is 1. The van der Waals surface area contributed by atoms with Gasteiger partial charge in [-0.05, 0) is 62.2 Å². The molecule has 0 saturated heterocycles. The number of allylic oxidation sites excluding steroid dienone is 1. The Morgan fingerprint density at radius 2 is 1.70 bits per heavy atom. The third kappa shape index (κ3) is 3.23. The zero-order chi connectivity index (χ0) is 22.5. The highest BCUT2D eigenvalue weighted by molar-refractivity contribution is 5.92. The van der Waals surface area contributed by atoms with E-state index in [0.29, 0.717) is 0 Å². The quantitative estimate of drug-likeness (QED) is 0.325. The monoisotopic (exact) mass is 429 g/mol. The minimum Gasteiger partial charge on any atom is -0.361 e. The molecule has 1 N–H and O–H groups in total. The molecule has 1 atom stereocenters. The summed E-state index contributed by atoms with van der Waals surface area (Å²) in [6.45, 7) is 7.42. The van der Waals surface area contributed by atoms with Crippen LogP contribution in [0.15, 0.2) is 85.2 Å². The fourth-order valence-electron chi connectivity index (χ4n) is 5.20. The topological polar surface area (TPSA) is 31.9 Å². The summed E-state index contributed by atoms with van der Waals surface area (Å²) >= 11 is 0. The van der Waals surface area contributed by atoms with Crippen molar-refractivity contribution in [2.24, 2.45) is 0 Å². The largest absolute Gasteiger partial charge is 0.361 e. The summed E-state index contributed by atoms with van der Waals surface area (Å²) < 4.78 is 0. The second-order valence-electron chi connectivity index (χ2n) is 9.05.